The lowest BCUT2D eigenvalue weighted by atomic mass is 10.4. The van der Waals surface area contributed by atoms with E-state index < -0.39 is 0 Å². The second kappa shape index (κ2) is 3.87. The van der Waals surface area contributed by atoms with Crippen molar-refractivity contribution in [3.05, 3.63) is 11.8 Å². The number of allylic oxidation sites excluding steroid dienone is 1. The predicted octanol–water partition coefficient (Wildman–Crippen LogP) is 1.61. The molecule has 1 saturated carbocycles. The third kappa shape index (κ3) is 1.95. The van der Waals surface area contributed by atoms with E-state index in [4.69, 9.17) is 10.5 Å². The fourth-order valence-electron chi connectivity index (χ4n) is 0.938. The highest BCUT2D eigenvalue weighted by atomic mass is 32.2. The van der Waals surface area contributed by atoms with Gasteiger partial charge in [-0.3, -0.25) is 10.1 Å². The van der Waals surface area contributed by atoms with Crippen molar-refractivity contribution in [1.82, 2.24) is 0 Å². The first kappa shape index (κ1) is 9.48. The minimum atomic E-state index is 0.403. The van der Waals surface area contributed by atoms with Crippen molar-refractivity contribution in [2.24, 2.45) is 16.0 Å². The van der Waals surface area contributed by atoms with Crippen LogP contribution in [0.1, 0.15) is 13.8 Å². The van der Waals surface area contributed by atoms with Gasteiger partial charge in [0, 0.05) is 24.0 Å². The molecule has 1 rings (SSSR count). The lowest BCUT2D eigenvalue weighted by molar-refractivity contribution is 1.04. The summed E-state index contributed by atoms with van der Waals surface area (Å²) < 4.78 is 0. The van der Waals surface area contributed by atoms with E-state index in [2.05, 4.69) is 11.9 Å². The average Bonchev–Trinajstić information content (AvgIpc) is 2.71. The van der Waals surface area contributed by atoms with Crippen LogP contribution < -0.4 is 5.14 Å². The Morgan fingerprint density at radius 2 is 2.42 bits per heavy atom. The third-order valence-electron chi connectivity index (χ3n) is 1.89. The summed E-state index contributed by atoms with van der Waals surface area (Å²) in [6.45, 7) is 3.96. The zero-order chi connectivity index (χ0) is 9.14. The molecule has 3 N–H and O–H groups in total. The Morgan fingerprint density at radius 3 is 2.83 bits per heavy atom. The summed E-state index contributed by atoms with van der Waals surface area (Å²) in [7, 11) is 0. The molecule has 0 saturated heterocycles. The van der Waals surface area contributed by atoms with E-state index in [-0.39, 0.29) is 0 Å². The van der Waals surface area contributed by atoms with Gasteiger partial charge < -0.3 is 5.41 Å². The lowest BCUT2D eigenvalue weighted by Gasteiger charge is -1.83. The van der Waals surface area contributed by atoms with Gasteiger partial charge in [0.05, 0.1) is 5.25 Å². The van der Waals surface area contributed by atoms with E-state index >= 15 is 0 Å². The van der Waals surface area contributed by atoms with Crippen LogP contribution in [0, 0.1) is 11.3 Å². The maximum atomic E-state index is 6.93. The van der Waals surface area contributed by atoms with Gasteiger partial charge in [0.15, 0.2) is 0 Å². The third-order valence-corrected chi connectivity index (χ3v) is 2.84. The molecule has 12 heavy (non-hydrogen) atoms. The second-order valence-corrected chi connectivity index (χ2v) is 3.70. The van der Waals surface area contributed by atoms with Gasteiger partial charge in [0.25, 0.3) is 0 Å². The molecule has 0 aromatic heterocycles. The first-order valence-electron chi connectivity index (χ1n) is 3.81. The van der Waals surface area contributed by atoms with Crippen LogP contribution >= 0.6 is 11.9 Å². The Balaban J connectivity index is 2.56. The van der Waals surface area contributed by atoms with E-state index in [0.717, 1.165) is 11.3 Å². The van der Waals surface area contributed by atoms with E-state index in [1.54, 1.807) is 6.20 Å². The average molecular weight is 183 g/mol. The number of nitrogens with zero attached hydrogens (tertiary/aromatic N) is 1. The van der Waals surface area contributed by atoms with E-state index in [1.165, 1.54) is 18.2 Å². The van der Waals surface area contributed by atoms with Crippen LogP contribution in [-0.4, -0.2) is 17.2 Å². The first-order valence-corrected chi connectivity index (χ1v) is 4.75. The van der Waals surface area contributed by atoms with Crippen molar-refractivity contribution in [3.8, 4) is 0 Å². The molecule has 4 heteroatoms. The number of aliphatic imine (C=N–C) groups is 1. The van der Waals surface area contributed by atoms with Gasteiger partial charge in [-0.2, -0.15) is 0 Å². The minimum Gasteiger partial charge on any atom is -0.308 e. The Labute approximate surface area is 76.8 Å². The summed E-state index contributed by atoms with van der Waals surface area (Å²) in [5, 5.41) is 12.8. The zero-order valence-electron chi connectivity index (χ0n) is 7.24. The first-order chi connectivity index (χ1) is 5.70. The Morgan fingerprint density at radius 1 is 1.75 bits per heavy atom. The molecule has 3 nitrogen and oxygen atoms in total. The smallest absolute Gasteiger partial charge is 0.0655 e. The number of nitrogens with two attached hydrogens (primary N) is 1. The molecule has 0 heterocycles. The highest BCUT2D eigenvalue weighted by Crippen LogP contribution is 2.35. The van der Waals surface area contributed by atoms with Crippen molar-refractivity contribution in [2.45, 2.75) is 19.1 Å². The zero-order valence-corrected chi connectivity index (χ0v) is 8.06. The number of hydrogen-bond acceptors (Lipinski definition) is 4. The van der Waals surface area contributed by atoms with Crippen LogP contribution in [0.4, 0.5) is 0 Å². The quantitative estimate of drug-likeness (QED) is 0.515. The van der Waals surface area contributed by atoms with Gasteiger partial charge >= 0.3 is 0 Å². The standard InChI is InChI=1S/C8H13N3S/c1-5(3-9)4-11-7-6(2)8(7)12-10/h3-4,6,8-9H,10H2,1-2H3/b5-4-,9-3?,11-7?. The van der Waals surface area contributed by atoms with Crippen molar-refractivity contribution < 1.29 is 0 Å². The number of hydrogen-bond donors (Lipinski definition) is 2. The molecule has 0 spiro atoms. The molecule has 0 aromatic rings. The monoisotopic (exact) mass is 183 g/mol. The maximum Gasteiger partial charge on any atom is 0.0655 e. The normalized spacial score (nSPS) is 32.2. The maximum absolute atomic E-state index is 6.93. The fraction of sp³-hybridized carbons (Fsp3) is 0.500. The van der Waals surface area contributed by atoms with Gasteiger partial charge in [-0.25, -0.2) is 0 Å². The largest absolute Gasteiger partial charge is 0.308 e. The molecule has 2 atom stereocenters. The van der Waals surface area contributed by atoms with E-state index in [9.17, 15) is 0 Å². The van der Waals surface area contributed by atoms with Crippen molar-refractivity contribution >= 4 is 23.9 Å². The van der Waals surface area contributed by atoms with Crippen LogP contribution in [0.5, 0.6) is 0 Å². The fourth-order valence-corrected chi connectivity index (χ4v) is 1.65. The Bertz CT molecular complexity index is 245. The summed E-state index contributed by atoms with van der Waals surface area (Å²) in [6.07, 6.45) is 3.01. The number of nitrogens with one attached hydrogen (secondary N) is 1. The van der Waals surface area contributed by atoms with E-state index in [1.807, 2.05) is 6.92 Å². The molecule has 66 valence electrons. The van der Waals surface area contributed by atoms with Crippen molar-refractivity contribution in [2.75, 3.05) is 0 Å². The molecule has 0 aliphatic heterocycles. The number of rotatable bonds is 3. The molecule has 0 radical (unpaired) electrons. The van der Waals surface area contributed by atoms with Gasteiger partial charge in [0.2, 0.25) is 0 Å². The molecule has 0 aromatic carbocycles. The highest BCUT2D eigenvalue weighted by Gasteiger charge is 2.41. The summed E-state index contributed by atoms with van der Waals surface area (Å²) in [4.78, 5) is 4.24. The van der Waals surface area contributed by atoms with Gasteiger partial charge in [0.1, 0.15) is 0 Å². The van der Waals surface area contributed by atoms with Crippen LogP contribution in [0.2, 0.25) is 0 Å². The molecule has 1 aliphatic carbocycles. The Kier molecular flexibility index (Phi) is 3.05. The predicted molar refractivity (Wildman–Crippen MR) is 54.7 cm³/mol. The molecule has 2 unspecified atom stereocenters. The SMILES string of the molecule is C/C(C=N)=C/N=C1C(C)C1SN. The molecular weight excluding hydrogens is 170 g/mol. The van der Waals surface area contributed by atoms with Crippen LogP contribution in [-0.2, 0) is 0 Å². The minimum absolute atomic E-state index is 0.403. The second-order valence-electron chi connectivity index (χ2n) is 2.92. The molecular formula is C8H13N3S. The van der Waals surface area contributed by atoms with Crippen molar-refractivity contribution in [3.63, 3.8) is 0 Å². The highest BCUT2D eigenvalue weighted by molar-refractivity contribution is 7.99. The van der Waals surface area contributed by atoms with Crippen LogP contribution in [0.15, 0.2) is 16.8 Å². The van der Waals surface area contributed by atoms with Crippen molar-refractivity contribution in [1.29, 1.82) is 5.41 Å². The molecule has 0 amide bonds. The van der Waals surface area contributed by atoms with Gasteiger partial charge in [-0.15, -0.1) is 0 Å². The van der Waals surface area contributed by atoms with Crippen LogP contribution in [0.3, 0.4) is 0 Å². The van der Waals surface area contributed by atoms with Gasteiger partial charge in [-0.1, -0.05) is 18.9 Å². The summed E-state index contributed by atoms with van der Waals surface area (Å²) >= 11 is 1.35. The molecule has 1 fully saturated rings. The summed E-state index contributed by atoms with van der Waals surface area (Å²) in [5.41, 5.74) is 2.01. The topological polar surface area (TPSA) is 62.2 Å². The molecule has 1 aliphatic rings. The lowest BCUT2D eigenvalue weighted by Crippen LogP contribution is -1.86. The Hall–Kier alpha value is -0.610. The van der Waals surface area contributed by atoms with Crippen LogP contribution in [0.25, 0.3) is 0 Å². The van der Waals surface area contributed by atoms with E-state index in [0.29, 0.717) is 11.2 Å². The summed E-state index contributed by atoms with van der Waals surface area (Å²) in [6, 6.07) is 0. The summed E-state index contributed by atoms with van der Waals surface area (Å²) in [5.74, 6) is 0.509. The molecule has 0 bridgehead atoms. The van der Waals surface area contributed by atoms with Gasteiger partial charge in [-0.05, 0) is 12.5 Å².